The Balaban J connectivity index is 3.05. The Morgan fingerprint density at radius 1 is 1.39 bits per heavy atom. The topological polar surface area (TPSA) is 46.9 Å². The maximum Gasteiger partial charge on any atom is 0.253 e. The molecule has 1 aromatic heterocycles. The first-order valence-electron chi connectivity index (χ1n) is 6.54. The summed E-state index contributed by atoms with van der Waals surface area (Å²) in [7, 11) is 0. The van der Waals surface area contributed by atoms with Gasteiger partial charge in [0.2, 0.25) is 0 Å². The monoisotopic (exact) mass is 251 g/mol. The summed E-state index contributed by atoms with van der Waals surface area (Å²) in [6.07, 6.45) is 0. The zero-order valence-electron chi connectivity index (χ0n) is 12.4. The highest BCUT2D eigenvalue weighted by Crippen LogP contribution is 2.20. The summed E-state index contributed by atoms with van der Waals surface area (Å²) < 4.78 is 1.76. The first-order chi connectivity index (χ1) is 8.25. The molecule has 102 valence electrons. The Hall–Kier alpha value is -1.16. The molecule has 0 bridgehead atoms. The molecule has 0 aromatic carbocycles. The Kier molecular flexibility index (Phi) is 4.68. The van der Waals surface area contributed by atoms with Crippen molar-refractivity contribution in [1.29, 1.82) is 0 Å². The minimum atomic E-state index is 0.0344. The number of aromatic nitrogens is 2. The van der Waals surface area contributed by atoms with Crippen molar-refractivity contribution >= 4 is 0 Å². The van der Waals surface area contributed by atoms with E-state index in [2.05, 4.69) is 38.0 Å². The lowest BCUT2D eigenvalue weighted by molar-refractivity contribution is 0.241. The van der Waals surface area contributed by atoms with Crippen molar-refractivity contribution in [3.05, 3.63) is 27.9 Å². The van der Waals surface area contributed by atoms with Crippen molar-refractivity contribution < 1.29 is 0 Å². The fraction of sp³-hybridized carbons (Fsp3) is 0.714. The van der Waals surface area contributed by atoms with Gasteiger partial charge >= 0.3 is 0 Å². The Morgan fingerprint density at radius 2 is 2.00 bits per heavy atom. The smallest absolute Gasteiger partial charge is 0.253 e. The van der Waals surface area contributed by atoms with Crippen molar-refractivity contribution in [2.75, 3.05) is 6.54 Å². The molecule has 0 radical (unpaired) electrons. The fourth-order valence-corrected chi connectivity index (χ4v) is 2.06. The zero-order chi connectivity index (χ0) is 13.9. The molecule has 0 aliphatic rings. The van der Waals surface area contributed by atoms with Crippen molar-refractivity contribution in [2.45, 2.75) is 54.1 Å². The third-order valence-electron chi connectivity index (χ3n) is 3.19. The van der Waals surface area contributed by atoms with Gasteiger partial charge in [-0.15, -0.1) is 0 Å². The predicted molar refractivity (Wildman–Crippen MR) is 74.9 cm³/mol. The highest BCUT2D eigenvalue weighted by molar-refractivity contribution is 5.02. The first-order valence-corrected chi connectivity index (χ1v) is 6.54. The normalized spacial score (nSPS) is 13.7. The number of hydrogen-bond donors (Lipinski definition) is 1. The average molecular weight is 251 g/mol. The molecule has 0 saturated carbocycles. The van der Waals surface area contributed by atoms with Crippen LogP contribution in [0.3, 0.4) is 0 Å². The first kappa shape index (κ1) is 14.9. The lowest BCUT2D eigenvalue weighted by Gasteiger charge is -2.32. The SMILES string of the molecule is CCNC(Cn1c(C)nc(C)cc1=O)C(C)(C)C. The summed E-state index contributed by atoms with van der Waals surface area (Å²) in [5, 5.41) is 3.45. The van der Waals surface area contributed by atoms with Crippen molar-refractivity contribution in [3.8, 4) is 0 Å². The van der Waals surface area contributed by atoms with Gasteiger partial charge < -0.3 is 5.32 Å². The predicted octanol–water partition coefficient (Wildman–Crippen LogP) is 1.88. The van der Waals surface area contributed by atoms with E-state index >= 15 is 0 Å². The molecule has 0 saturated heterocycles. The standard InChI is InChI=1S/C14H25N3O/c1-7-15-12(14(4,5)6)9-17-11(3)16-10(2)8-13(17)18/h8,12,15H,7,9H2,1-6H3. The molecule has 4 nitrogen and oxygen atoms in total. The van der Waals surface area contributed by atoms with E-state index in [9.17, 15) is 4.79 Å². The maximum atomic E-state index is 12.0. The van der Waals surface area contributed by atoms with Crippen LogP contribution in [0, 0.1) is 19.3 Å². The molecule has 0 amide bonds. The van der Waals surface area contributed by atoms with Crippen LogP contribution in [-0.2, 0) is 6.54 Å². The number of likely N-dealkylation sites (N-methyl/N-ethyl adjacent to an activating group) is 1. The van der Waals surface area contributed by atoms with E-state index < -0.39 is 0 Å². The third-order valence-corrected chi connectivity index (χ3v) is 3.19. The van der Waals surface area contributed by atoms with Crippen LogP contribution in [-0.4, -0.2) is 22.1 Å². The molecule has 1 heterocycles. The van der Waals surface area contributed by atoms with E-state index in [-0.39, 0.29) is 17.0 Å². The summed E-state index contributed by atoms with van der Waals surface area (Å²) in [5.74, 6) is 0.784. The minimum Gasteiger partial charge on any atom is -0.312 e. The maximum absolute atomic E-state index is 12.0. The molecule has 0 aliphatic carbocycles. The van der Waals surface area contributed by atoms with E-state index in [1.807, 2.05) is 13.8 Å². The third kappa shape index (κ3) is 3.67. The van der Waals surface area contributed by atoms with E-state index in [0.29, 0.717) is 6.54 Å². The Morgan fingerprint density at radius 3 is 2.44 bits per heavy atom. The van der Waals surface area contributed by atoms with Crippen LogP contribution in [0.4, 0.5) is 0 Å². The molecular formula is C14H25N3O. The molecular weight excluding hydrogens is 226 g/mol. The average Bonchev–Trinajstić information content (AvgIpc) is 2.19. The molecule has 1 atom stereocenters. The van der Waals surface area contributed by atoms with Crippen LogP contribution >= 0.6 is 0 Å². The van der Waals surface area contributed by atoms with Crippen LogP contribution in [0.2, 0.25) is 0 Å². The van der Waals surface area contributed by atoms with Crippen LogP contribution in [0.25, 0.3) is 0 Å². The van der Waals surface area contributed by atoms with Crippen molar-refractivity contribution in [3.63, 3.8) is 0 Å². The quantitative estimate of drug-likeness (QED) is 0.889. The van der Waals surface area contributed by atoms with E-state index in [1.54, 1.807) is 10.6 Å². The molecule has 0 spiro atoms. The van der Waals surface area contributed by atoms with Gasteiger partial charge in [0, 0.05) is 24.3 Å². The largest absolute Gasteiger partial charge is 0.312 e. The van der Waals surface area contributed by atoms with E-state index in [0.717, 1.165) is 18.1 Å². The highest BCUT2D eigenvalue weighted by Gasteiger charge is 2.24. The Bertz CT molecular complexity index is 457. The van der Waals surface area contributed by atoms with Gasteiger partial charge in [0.05, 0.1) is 0 Å². The summed E-state index contributed by atoms with van der Waals surface area (Å²) in [5.41, 5.74) is 0.920. The van der Waals surface area contributed by atoms with Gasteiger partial charge in [0.15, 0.2) is 0 Å². The molecule has 4 heteroatoms. The summed E-state index contributed by atoms with van der Waals surface area (Å²) in [6, 6.07) is 1.85. The van der Waals surface area contributed by atoms with Crippen LogP contribution in [0.5, 0.6) is 0 Å². The molecule has 18 heavy (non-hydrogen) atoms. The fourth-order valence-electron chi connectivity index (χ4n) is 2.06. The molecule has 1 unspecified atom stereocenters. The molecule has 1 N–H and O–H groups in total. The van der Waals surface area contributed by atoms with Crippen molar-refractivity contribution in [2.24, 2.45) is 5.41 Å². The summed E-state index contributed by atoms with van der Waals surface area (Å²) >= 11 is 0. The molecule has 1 aromatic rings. The number of nitrogens with zero attached hydrogens (tertiary/aromatic N) is 2. The second-order valence-corrected chi connectivity index (χ2v) is 5.87. The molecule has 0 aliphatic heterocycles. The number of rotatable bonds is 4. The zero-order valence-corrected chi connectivity index (χ0v) is 12.4. The lowest BCUT2D eigenvalue weighted by Crippen LogP contribution is -2.45. The van der Waals surface area contributed by atoms with E-state index in [4.69, 9.17) is 0 Å². The minimum absolute atomic E-state index is 0.0344. The number of hydrogen-bond acceptors (Lipinski definition) is 3. The van der Waals surface area contributed by atoms with Crippen LogP contribution < -0.4 is 10.9 Å². The summed E-state index contributed by atoms with van der Waals surface area (Å²) in [4.78, 5) is 16.4. The molecule has 0 fully saturated rings. The van der Waals surface area contributed by atoms with Gasteiger partial charge in [-0.1, -0.05) is 27.7 Å². The lowest BCUT2D eigenvalue weighted by atomic mass is 9.86. The summed E-state index contributed by atoms with van der Waals surface area (Å²) in [6.45, 7) is 13.9. The Labute approximate surface area is 109 Å². The van der Waals surface area contributed by atoms with Crippen LogP contribution in [0.1, 0.15) is 39.2 Å². The molecule has 1 rings (SSSR count). The second kappa shape index (κ2) is 5.65. The highest BCUT2D eigenvalue weighted by atomic mass is 16.1. The van der Waals surface area contributed by atoms with Gasteiger partial charge in [-0.05, 0) is 25.8 Å². The van der Waals surface area contributed by atoms with Gasteiger partial charge in [-0.3, -0.25) is 9.36 Å². The van der Waals surface area contributed by atoms with Gasteiger partial charge in [-0.25, -0.2) is 4.98 Å². The van der Waals surface area contributed by atoms with E-state index in [1.165, 1.54) is 0 Å². The van der Waals surface area contributed by atoms with Crippen molar-refractivity contribution in [1.82, 2.24) is 14.9 Å². The number of nitrogens with one attached hydrogen (secondary N) is 1. The van der Waals surface area contributed by atoms with Crippen LogP contribution in [0.15, 0.2) is 10.9 Å². The van der Waals surface area contributed by atoms with Gasteiger partial charge in [0.1, 0.15) is 5.82 Å². The second-order valence-electron chi connectivity index (χ2n) is 5.87. The van der Waals surface area contributed by atoms with Gasteiger partial charge in [-0.2, -0.15) is 0 Å². The number of aryl methyl sites for hydroxylation is 2. The van der Waals surface area contributed by atoms with Gasteiger partial charge in [0.25, 0.3) is 5.56 Å².